The Morgan fingerprint density at radius 3 is 2.91 bits per heavy atom. The smallest absolute Gasteiger partial charge is 0.346 e. The maximum atomic E-state index is 11.1. The SMILES string of the molecule is CCn1c(CNCc2ccsc2C(=O)O)nc2ccccc21. The van der Waals surface area contributed by atoms with Crippen LogP contribution in [-0.2, 0) is 19.6 Å². The quantitative estimate of drug-likeness (QED) is 0.733. The summed E-state index contributed by atoms with van der Waals surface area (Å²) in [5.41, 5.74) is 2.93. The van der Waals surface area contributed by atoms with Crippen LogP contribution in [0.2, 0.25) is 0 Å². The zero-order valence-electron chi connectivity index (χ0n) is 12.2. The summed E-state index contributed by atoms with van der Waals surface area (Å²) < 4.78 is 2.17. The maximum absolute atomic E-state index is 11.1. The molecule has 0 saturated heterocycles. The third kappa shape index (κ3) is 2.75. The van der Waals surface area contributed by atoms with Gasteiger partial charge in [-0.2, -0.15) is 0 Å². The van der Waals surface area contributed by atoms with Crippen LogP contribution in [-0.4, -0.2) is 20.6 Å². The van der Waals surface area contributed by atoms with E-state index in [2.05, 4.69) is 27.9 Å². The second kappa shape index (κ2) is 6.29. The molecular weight excluding hydrogens is 298 g/mol. The second-order valence-electron chi connectivity index (χ2n) is 4.94. The Morgan fingerprint density at radius 2 is 2.14 bits per heavy atom. The van der Waals surface area contributed by atoms with Crippen molar-refractivity contribution in [3.05, 3.63) is 52.0 Å². The molecule has 0 aliphatic carbocycles. The van der Waals surface area contributed by atoms with E-state index in [1.807, 2.05) is 29.6 Å². The molecule has 3 aromatic rings. The number of hydrogen-bond acceptors (Lipinski definition) is 4. The van der Waals surface area contributed by atoms with Gasteiger partial charge in [0.25, 0.3) is 0 Å². The maximum Gasteiger partial charge on any atom is 0.346 e. The van der Waals surface area contributed by atoms with E-state index in [0.717, 1.165) is 29.0 Å². The van der Waals surface area contributed by atoms with Crippen LogP contribution in [0.4, 0.5) is 0 Å². The highest BCUT2D eigenvalue weighted by atomic mass is 32.1. The lowest BCUT2D eigenvalue weighted by atomic mass is 10.2. The number of nitrogens with zero attached hydrogens (tertiary/aromatic N) is 2. The molecule has 114 valence electrons. The predicted molar refractivity (Wildman–Crippen MR) is 87.2 cm³/mol. The van der Waals surface area contributed by atoms with E-state index in [-0.39, 0.29) is 0 Å². The van der Waals surface area contributed by atoms with Gasteiger partial charge < -0.3 is 15.0 Å². The number of carboxylic acids is 1. The number of fused-ring (bicyclic) bond motifs is 1. The predicted octanol–water partition coefficient (Wildman–Crippen LogP) is 3.11. The summed E-state index contributed by atoms with van der Waals surface area (Å²) in [6, 6.07) is 9.92. The average molecular weight is 315 g/mol. The largest absolute Gasteiger partial charge is 0.477 e. The summed E-state index contributed by atoms with van der Waals surface area (Å²) in [6.45, 7) is 4.09. The Hall–Kier alpha value is -2.18. The van der Waals surface area contributed by atoms with Gasteiger partial charge in [-0.1, -0.05) is 12.1 Å². The molecule has 0 aliphatic rings. The first-order valence-electron chi connectivity index (χ1n) is 7.15. The van der Waals surface area contributed by atoms with Crippen LogP contribution >= 0.6 is 11.3 Å². The minimum absolute atomic E-state index is 0.400. The van der Waals surface area contributed by atoms with Crippen molar-refractivity contribution < 1.29 is 9.90 Å². The van der Waals surface area contributed by atoms with E-state index in [9.17, 15) is 4.79 Å². The number of aromatic nitrogens is 2. The number of carboxylic acid groups (broad SMARTS) is 1. The third-order valence-electron chi connectivity index (χ3n) is 3.59. The first kappa shape index (κ1) is 14.7. The molecule has 2 aromatic heterocycles. The number of imidazole rings is 1. The Morgan fingerprint density at radius 1 is 1.32 bits per heavy atom. The number of aryl methyl sites for hydroxylation is 1. The van der Waals surface area contributed by atoms with Crippen molar-refractivity contribution >= 4 is 28.3 Å². The molecule has 6 heteroatoms. The summed E-state index contributed by atoms with van der Waals surface area (Å²) in [7, 11) is 0. The number of carbonyl (C=O) groups is 1. The van der Waals surface area contributed by atoms with Crippen LogP contribution in [0, 0.1) is 0 Å². The highest BCUT2D eigenvalue weighted by molar-refractivity contribution is 7.12. The molecular formula is C16H17N3O2S. The topological polar surface area (TPSA) is 67.2 Å². The molecule has 22 heavy (non-hydrogen) atoms. The minimum atomic E-state index is -0.868. The molecule has 0 unspecified atom stereocenters. The van der Waals surface area contributed by atoms with Gasteiger partial charge in [-0.05, 0) is 36.1 Å². The lowest BCUT2D eigenvalue weighted by molar-refractivity contribution is 0.0701. The number of nitrogens with one attached hydrogen (secondary N) is 1. The van der Waals surface area contributed by atoms with E-state index in [1.165, 1.54) is 11.3 Å². The lowest BCUT2D eigenvalue weighted by Crippen LogP contribution is -2.17. The third-order valence-corrected chi connectivity index (χ3v) is 4.53. The first-order chi connectivity index (χ1) is 10.7. The van der Waals surface area contributed by atoms with Crippen molar-refractivity contribution in [1.82, 2.24) is 14.9 Å². The summed E-state index contributed by atoms with van der Waals surface area (Å²) in [5, 5.41) is 14.2. The van der Waals surface area contributed by atoms with Gasteiger partial charge in [0.2, 0.25) is 0 Å². The van der Waals surface area contributed by atoms with Gasteiger partial charge in [0.05, 0.1) is 17.6 Å². The van der Waals surface area contributed by atoms with E-state index in [4.69, 9.17) is 5.11 Å². The molecule has 2 heterocycles. The van der Waals surface area contributed by atoms with E-state index < -0.39 is 5.97 Å². The van der Waals surface area contributed by atoms with Crippen LogP contribution in [0.25, 0.3) is 11.0 Å². The van der Waals surface area contributed by atoms with Crippen LogP contribution in [0.3, 0.4) is 0 Å². The highest BCUT2D eigenvalue weighted by Gasteiger charge is 2.12. The molecule has 0 saturated carbocycles. The molecule has 5 nitrogen and oxygen atoms in total. The number of rotatable bonds is 6. The van der Waals surface area contributed by atoms with E-state index in [0.29, 0.717) is 18.0 Å². The van der Waals surface area contributed by atoms with Crippen LogP contribution in [0.1, 0.15) is 28.0 Å². The van der Waals surface area contributed by atoms with Crippen molar-refractivity contribution in [2.45, 2.75) is 26.6 Å². The van der Waals surface area contributed by atoms with Gasteiger partial charge >= 0.3 is 5.97 Å². The zero-order valence-corrected chi connectivity index (χ0v) is 13.1. The van der Waals surface area contributed by atoms with Crippen LogP contribution < -0.4 is 5.32 Å². The Balaban J connectivity index is 1.74. The Kier molecular flexibility index (Phi) is 4.22. The Labute approximate surface area is 132 Å². The van der Waals surface area contributed by atoms with Gasteiger partial charge in [-0.25, -0.2) is 9.78 Å². The average Bonchev–Trinajstić information content (AvgIpc) is 3.11. The van der Waals surface area contributed by atoms with Crippen molar-refractivity contribution in [1.29, 1.82) is 0 Å². The van der Waals surface area contributed by atoms with Gasteiger partial charge in [0.15, 0.2) is 0 Å². The van der Waals surface area contributed by atoms with Crippen molar-refractivity contribution in [3.63, 3.8) is 0 Å². The van der Waals surface area contributed by atoms with Gasteiger partial charge in [0, 0.05) is 13.1 Å². The molecule has 0 fully saturated rings. The minimum Gasteiger partial charge on any atom is -0.477 e. The number of aromatic carboxylic acids is 1. The number of thiophene rings is 1. The van der Waals surface area contributed by atoms with E-state index in [1.54, 1.807) is 0 Å². The van der Waals surface area contributed by atoms with Crippen LogP contribution in [0.5, 0.6) is 0 Å². The summed E-state index contributed by atoms with van der Waals surface area (Å²) >= 11 is 1.25. The summed E-state index contributed by atoms with van der Waals surface area (Å²) in [5.74, 6) is 0.100. The normalized spacial score (nSPS) is 11.1. The van der Waals surface area contributed by atoms with Gasteiger partial charge in [-0.15, -0.1) is 11.3 Å². The van der Waals surface area contributed by atoms with E-state index >= 15 is 0 Å². The molecule has 1 aromatic carbocycles. The molecule has 0 bridgehead atoms. The van der Waals surface area contributed by atoms with Crippen molar-refractivity contribution in [3.8, 4) is 0 Å². The fraction of sp³-hybridized carbons (Fsp3) is 0.250. The fourth-order valence-electron chi connectivity index (χ4n) is 2.58. The first-order valence-corrected chi connectivity index (χ1v) is 8.03. The monoisotopic (exact) mass is 315 g/mol. The standard InChI is InChI=1S/C16H17N3O2S/c1-2-19-13-6-4-3-5-12(13)18-14(19)10-17-9-11-7-8-22-15(11)16(20)21/h3-8,17H,2,9-10H2,1H3,(H,20,21). The van der Waals surface area contributed by atoms with Crippen molar-refractivity contribution in [2.75, 3.05) is 0 Å². The summed E-state index contributed by atoms with van der Waals surface area (Å²) in [4.78, 5) is 16.1. The number of hydrogen-bond donors (Lipinski definition) is 2. The summed E-state index contributed by atoms with van der Waals surface area (Å²) in [6.07, 6.45) is 0. The van der Waals surface area contributed by atoms with Crippen LogP contribution in [0.15, 0.2) is 35.7 Å². The number of para-hydroxylation sites is 2. The van der Waals surface area contributed by atoms with Crippen molar-refractivity contribution in [2.24, 2.45) is 0 Å². The molecule has 3 rings (SSSR count). The number of benzene rings is 1. The van der Waals surface area contributed by atoms with Gasteiger partial charge in [-0.3, -0.25) is 0 Å². The lowest BCUT2D eigenvalue weighted by Gasteiger charge is -2.07. The molecule has 0 aliphatic heterocycles. The van der Waals surface area contributed by atoms with Gasteiger partial charge in [0.1, 0.15) is 10.7 Å². The Bertz CT molecular complexity index is 807. The molecule has 0 spiro atoms. The molecule has 0 radical (unpaired) electrons. The zero-order chi connectivity index (χ0) is 15.5. The highest BCUT2D eigenvalue weighted by Crippen LogP contribution is 2.18. The second-order valence-corrected chi connectivity index (χ2v) is 5.86. The fourth-order valence-corrected chi connectivity index (χ4v) is 3.35. The molecule has 0 amide bonds. The molecule has 0 atom stereocenters. The molecule has 2 N–H and O–H groups in total.